The molecule has 0 aromatic carbocycles. The molecule has 2 heterocycles. The fourth-order valence-electron chi connectivity index (χ4n) is 3.78. The molecule has 1 saturated carbocycles. The highest BCUT2D eigenvalue weighted by atomic mass is 16.2. The molecule has 1 aliphatic carbocycles. The van der Waals surface area contributed by atoms with E-state index in [1.165, 1.54) is 0 Å². The molecule has 4 heteroatoms. The van der Waals surface area contributed by atoms with Crippen LogP contribution in [-0.4, -0.2) is 34.2 Å². The Balaban J connectivity index is 1.84. The van der Waals surface area contributed by atoms with Gasteiger partial charge in [0.25, 0.3) is 5.91 Å². The first-order valence-electron chi connectivity index (χ1n) is 7.86. The Labute approximate surface area is 125 Å². The van der Waals surface area contributed by atoms with Crippen molar-refractivity contribution in [3.05, 3.63) is 29.1 Å². The highest BCUT2D eigenvalue weighted by molar-refractivity contribution is 5.96. The van der Waals surface area contributed by atoms with Crippen LogP contribution in [-0.2, 0) is 4.79 Å². The van der Waals surface area contributed by atoms with Crippen molar-refractivity contribution < 1.29 is 9.59 Å². The highest BCUT2D eigenvalue weighted by Crippen LogP contribution is 2.34. The summed E-state index contributed by atoms with van der Waals surface area (Å²) in [6, 6.07) is 3.85. The summed E-state index contributed by atoms with van der Waals surface area (Å²) in [5.74, 6) is 0.454. The van der Waals surface area contributed by atoms with Crippen molar-refractivity contribution in [2.45, 2.75) is 52.0 Å². The van der Waals surface area contributed by atoms with Crippen molar-refractivity contribution in [2.24, 2.45) is 5.92 Å². The van der Waals surface area contributed by atoms with Crippen molar-refractivity contribution >= 4 is 11.7 Å². The van der Waals surface area contributed by atoms with Crippen LogP contribution in [0.3, 0.4) is 0 Å². The average molecular weight is 286 g/mol. The molecule has 2 aliphatic rings. The first-order chi connectivity index (χ1) is 10.1. The molecule has 2 atom stereocenters. The SMILES string of the molecule is Cc1ccc(C(=O)N2CCCC2C2CCCC2=O)c(C)n1. The van der Waals surface area contributed by atoms with Gasteiger partial charge in [0.2, 0.25) is 0 Å². The summed E-state index contributed by atoms with van der Waals surface area (Å²) in [6.45, 7) is 4.57. The van der Waals surface area contributed by atoms with Crippen molar-refractivity contribution in [3.8, 4) is 0 Å². The van der Waals surface area contributed by atoms with Gasteiger partial charge in [-0.1, -0.05) is 0 Å². The lowest BCUT2D eigenvalue weighted by molar-refractivity contribution is -0.121. The molecule has 112 valence electrons. The third-order valence-corrected chi connectivity index (χ3v) is 4.83. The Morgan fingerprint density at radius 1 is 1.24 bits per heavy atom. The van der Waals surface area contributed by atoms with E-state index in [9.17, 15) is 9.59 Å². The summed E-state index contributed by atoms with van der Waals surface area (Å²) in [4.78, 5) is 31.2. The maximum absolute atomic E-state index is 12.8. The third-order valence-electron chi connectivity index (χ3n) is 4.83. The largest absolute Gasteiger partial charge is 0.335 e. The normalized spacial score (nSPS) is 25.6. The van der Waals surface area contributed by atoms with Crippen LogP contribution in [0.4, 0.5) is 0 Å². The summed E-state index contributed by atoms with van der Waals surface area (Å²) < 4.78 is 0. The summed E-state index contributed by atoms with van der Waals surface area (Å²) in [7, 11) is 0. The van der Waals surface area contributed by atoms with Crippen LogP contribution in [0, 0.1) is 19.8 Å². The Kier molecular flexibility index (Phi) is 3.79. The molecule has 1 aliphatic heterocycles. The van der Waals surface area contributed by atoms with Gasteiger partial charge < -0.3 is 4.90 Å². The number of aromatic nitrogens is 1. The Hall–Kier alpha value is -1.71. The quantitative estimate of drug-likeness (QED) is 0.840. The van der Waals surface area contributed by atoms with E-state index in [4.69, 9.17) is 0 Å². The lowest BCUT2D eigenvalue weighted by Gasteiger charge is -2.29. The molecule has 21 heavy (non-hydrogen) atoms. The van der Waals surface area contributed by atoms with Crippen molar-refractivity contribution in [1.29, 1.82) is 0 Å². The van der Waals surface area contributed by atoms with Gasteiger partial charge in [-0.05, 0) is 51.7 Å². The number of aryl methyl sites for hydroxylation is 2. The minimum atomic E-state index is 0.0437. The molecule has 1 amide bonds. The van der Waals surface area contributed by atoms with Gasteiger partial charge >= 0.3 is 0 Å². The zero-order valence-corrected chi connectivity index (χ0v) is 12.8. The second-order valence-corrected chi connectivity index (χ2v) is 6.26. The van der Waals surface area contributed by atoms with Crippen molar-refractivity contribution in [2.75, 3.05) is 6.54 Å². The molecule has 0 spiro atoms. The Morgan fingerprint density at radius 2 is 2.05 bits per heavy atom. The van der Waals surface area contributed by atoms with E-state index < -0.39 is 0 Å². The topological polar surface area (TPSA) is 50.3 Å². The van der Waals surface area contributed by atoms with Crippen LogP contribution < -0.4 is 0 Å². The van der Waals surface area contributed by atoms with Gasteiger partial charge in [0.05, 0.1) is 11.3 Å². The summed E-state index contributed by atoms with van der Waals surface area (Å²) in [6.07, 6.45) is 4.57. The molecule has 2 fully saturated rings. The van der Waals surface area contributed by atoms with Gasteiger partial charge in [0, 0.05) is 30.6 Å². The fraction of sp³-hybridized carbons (Fsp3) is 0.588. The van der Waals surface area contributed by atoms with E-state index in [1.807, 2.05) is 30.9 Å². The smallest absolute Gasteiger partial charge is 0.255 e. The molecular weight excluding hydrogens is 264 g/mol. The molecule has 4 nitrogen and oxygen atoms in total. The number of amides is 1. The molecular formula is C17H22N2O2. The van der Waals surface area contributed by atoms with Gasteiger partial charge in [-0.3, -0.25) is 14.6 Å². The molecule has 3 rings (SSSR count). The summed E-state index contributed by atoms with van der Waals surface area (Å²) >= 11 is 0. The monoisotopic (exact) mass is 286 g/mol. The van der Waals surface area contributed by atoms with Crippen LogP contribution in [0.5, 0.6) is 0 Å². The van der Waals surface area contributed by atoms with Crippen LogP contribution in [0.1, 0.15) is 53.8 Å². The number of rotatable bonds is 2. The number of nitrogens with zero attached hydrogens (tertiary/aromatic N) is 2. The first kappa shape index (κ1) is 14.2. The predicted molar refractivity (Wildman–Crippen MR) is 80.1 cm³/mol. The number of hydrogen-bond acceptors (Lipinski definition) is 3. The fourth-order valence-corrected chi connectivity index (χ4v) is 3.78. The van der Waals surface area contributed by atoms with E-state index in [0.717, 1.165) is 43.6 Å². The number of likely N-dealkylation sites (tertiary alicyclic amines) is 1. The highest BCUT2D eigenvalue weighted by Gasteiger charge is 2.40. The number of Topliss-reactive ketones (excluding diaryl/α,β-unsaturated/α-hetero) is 1. The number of ketones is 1. The van der Waals surface area contributed by atoms with Crippen LogP contribution >= 0.6 is 0 Å². The Morgan fingerprint density at radius 3 is 2.71 bits per heavy atom. The van der Waals surface area contributed by atoms with E-state index in [2.05, 4.69) is 4.98 Å². The van der Waals surface area contributed by atoms with Crippen molar-refractivity contribution in [3.63, 3.8) is 0 Å². The second-order valence-electron chi connectivity index (χ2n) is 6.26. The average Bonchev–Trinajstić information content (AvgIpc) is 3.06. The lowest BCUT2D eigenvalue weighted by Crippen LogP contribution is -2.41. The van der Waals surface area contributed by atoms with Gasteiger partial charge in [-0.25, -0.2) is 0 Å². The van der Waals surface area contributed by atoms with E-state index in [1.54, 1.807) is 0 Å². The molecule has 1 saturated heterocycles. The Bertz CT molecular complexity index is 582. The van der Waals surface area contributed by atoms with Crippen LogP contribution in [0.2, 0.25) is 0 Å². The van der Waals surface area contributed by atoms with E-state index in [-0.39, 0.29) is 17.9 Å². The first-order valence-corrected chi connectivity index (χ1v) is 7.86. The van der Waals surface area contributed by atoms with Gasteiger partial charge in [-0.15, -0.1) is 0 Å². The predicted octanol–water partition coefficient (Wildman–Crippen LogP) is 2.67. The summed E-state index contributed by atoms with van der Waals surface area (Å²) in [5.41, 5.74) is 2.38. The molecule has 2 unspecified atom stereocenters. The second kappa shape index (κ2) is 5.58. The number of hydrogen-bond donors (Lipinski definition) is 0. The van der Waals surface area contributed by atoms with Crippen LogP contribution in [0.25, 0.3) is 0 Å². The number of pyridine rings is 1. The standard InChI is InChI=1S/C17H22N2O2/c1-11-8-9-13(12(2)18-11)17(21)19-10-4-6-15(19)14-5-3-7-16(14)20/h8-9,14-15H,3-7,10H2,1-2H3. The minimum absolute atomic E-state index is 0.0437. The molecule has 0 bridgehead atoms. The van der Waals surface area contributed by atoms with E-state index in [0.29, 0.717) is 17.8 Å². The van der Waals surface area contributed by atoms with Gasteiger partial charge in [0.1, 0.15) is 5.78 Å². The molecule has 0 radical (unpaired) electrons. The number of carbonyl (C=O) groups is 2. The third kappa shape index (κ3) is 2.59. The van der Waals surface area contributed by atoms with Gasteiger partial charge in [0.15, 0.2) is 0 Å². The zero-order chi connectivity index (χ0) is 15.0. The van der Waals surface area contributed by atoms with E-state index >= 15 is 0 Å². The minimum Gasteiger partial charge on any atom is -0.335 e. The van der Waals surface area contributed by atoms with Crippen molar-refractivity contribution in [1.82, 2.24) is 9.88 Å². The number of carbonyl (C=O) groups excluding carboxylic acids is 2. The lowest BCUT2D eigenvalue weighted by atomic mass is 9.94. The maximum Gasteiger partial charge on any atom is 0.255 e. The molecule has 1 aromatic rings. The molecule has 0 N–H and O–H groups in total. The van der Waals surface area contributed by atoms with Crippen LogP contribution in [0.15, 0.2) is 12.1 Å². The maximum atomic E-state index is 12.8. The van der Waals surface area contributed by atoms with Gasteiger partial charge in [-0.2, -0.15) is 0 Å². The summed E-state index contributed by atoms with van der Waals surface area (Å²) in [5, 5.41) is 0. The molecule has 1 aromatic heterocycles. The zero-order valence-electron chi connectivity index (χ0n) is 12.8.